The molecule has 132 valence electrons. The molecule has 2 heterocycles. The molecular weight excluding hydrogens is 330 g/mol. The van der Waals surface area contributed by atoms with E-state index in [0.717, 1.165) is 31.7 Å². The van der Waals surface area contributed by atoms with E-state index in [1.807, 2.05) is 0 Å². The van der Waals surface area contributed by atoms with Crippen molar-refractivity contribution in [1.29, 1.82) is 0 Å². The first-order chi connectivity index (χ1) is 12.0. The van der Waals surface area contributed by atoms with Crippen molar-refractivity contribution < 1.29 is 23.2 Å². The van der Waals surface area contributed by atoms with Crippen LogP contribution in [0.15, 0.2) is 6.07 Å². The molecule has 3 amide bonds. The van der Waals surface area contributed by atoms with E-state index in [9.17, 15) is 23.2 Å². The Morgan fingerprint density at radius 2 is 1.80 bits per heavy atom. The van der Waals surface area contributed by atoms with Crippen molar-refractivity contribution in [3.05, 3.63) is 34.4 Å². The first-order valence-electron chi connectivity index (χ1n) is 8.62. The molecular formula is C18H18F2N2O3. The molecule has 1 aromatic carbocycles. The number of piperidine rings is 1. The number of carbonyl (C=O) groups is 3. The molecule has 0 radical (unpaired) electrons. The highest BCUT2D eigenvalue weighted by Crippen LogP contribution is 2.42. The number of amides is 3. The molecule has 4 rings (SSSR count). The molecule has 5 nitrogen and oxygen atoms in total. The molecule has 1 aromatic rings. The monoisotopic (exact) mass is 348 g/mol. The molecule has 1 aliphatic carbocycles. The largest absolute Gasteiger partial charge is 0.322 e. The summed E-state index contributed by atoms with van der Waals surface area (Å²) in [4.78, 5) is 37.5. The van der Waals surface area contributed by atoms with Crippen molar-refractivity contribution in [2.45, 2.75) is 57.0 Å². The van der Waals surface area contributed by atoms with Crippen LogP contribution in [0.2, 0.25) is 0 Å². The Hall–Kier alpha value is -2.31. The smallest absolute Gasteiger partial charge is 0.255 e. The lowest BCUT2D eigenvalue weighted by Gasteiger charge is -2.29. The zero-order chi connectivity index (χ0) is 17.7. The Bertz CT molecular complexity index is 787. The van der Waals surface area contributed by atoms with Crippen molar-refractivity contribution in [3.8, 4) is 0 Å². The summed E-state index contributed by atoms with van der Waals surface area (Å²) < 4.78 is 28.6. The maximum Gasteiger partial charge on any atom is 0.255 e. The number of fused-ring (bicyclic) bond motifs is 1. The van der Waals surface area contributed by atoms with Gasteiger partial charge in [0.1, 0.15) is 6.04 Å². The van der Waals surface area contributed by atoms with Crippen molar-refractivity contribution in [3.63, 3.8) is 0 Å². The average Bonchev–Trinajstić information content (AvgIpc) is 3.19. The van der Waals surface area contributed by atoms with Gasteiger partial charge in [-0.3, -0.25) is 19.7 Å². The lowest BCUT2D eigenvalue weighted by molar-refractivity contribution is -0.136. The molecule has 1 N–H and O–H groups in total. The number of halogens is 2. The van der Waals surface area contributed by atoms with Crippen LogP contribution in [0.5, 0.6) is 0 Å². The average molecular weight is 348 g/mol. The standard InChI is InChI=1S/C18H18F2N2O3/c19-12-7-10-11(15(16(12)20)9-3-1-2-4-9)8-22(18(10)25)13-5-6-14(23)21-17(13)24/h7,9,13H,1-6,8H2,(H,21,23,24). The van der Waals surface area contributed by atoms with Gasteiger partial charge in [-0.15, -0.1) is 0 Å². The second kappa shape index (κ2) is 5.89. The lowest BCUT2D eigenvalue weighted by Crippen LogP contribution is -2.52. The van der Waals surface area contributed by atoms with Gasteiger partial charge in [0.15, 0.2) is 11.6 Å². The van der Waals surface area contributed by atoms with Gasteiger partial charge in [-0.25, -0.2) is 8.78 Å². The fourth-order valence-corrected chi connectivity index (χ4v) is 4.31. The highest BCUT2D eigenvalue weighted by Gasteiger charge is 2.42. The Labute approximate surface area is 143 Å². The molecule has 1 saturated heterocycles. The van der Waals surface area contributed by atoms with E-state index in [2.05, 4.69) is 5.32 Å². The number of carbonyl (C=O) groups excluding carboxylic acids is 3. The quantitative estimate of drug-likeness (QED) is 0.835. The first kappa shape index (κ1) is 16.2. The van der Waals surface area contributed by atoms with Crippen LogP contribution in [0.25, 0.3) is 0 Å². The molecule has 1 atom stereocenters. The van der Waals surface area contributed by atoms with Gasteiger partial charge in [0.2, 0.25) is 11.8 Å². The molecule has 0 spiro atoms. The SMILES string of the molecule is O=C1CCC(N2Cc3c(cc(F)c(F)c3C3CCCC3)C2=O)C(=O)N1. The van der Waals surface area contributed by atoms with Gasteiger partial charge in [0.25, 0.3) is 5.91 Å². The maximum atomic E-state index is 14.5. The Morgan fingerprint density at radius 1 is 1.08 bits per heavy atom. The summed E-state index contributed by atoms with van der Waals surface area (Å²) in [5.41, 5.74) is 0.946. The number of rotatable bonds is 2. The number of hydrogen-bond acceptors (Lipinski definition) is 3. The number of imide groups is 1. The van der Waals surface area contributed by atoms with Gasteiger partial charge < -0.3 is 4.90 Å². The summed E-state index contributed by atoms with van der Waals surface area (Å²) in [6, 6.07) is 0.164. The van der Waals surface area contributed by atoms with Gasteiger partial charge in [-0.2, -0.15) is 0 Å². The molecule has 2 fully saturated rings. The van der Waals surface area contributed by atoms with Crippen LogP contribution in [0.1, 0.15) is 65.9 Å². The summed E-state index contributed by atoms with van der Waals surface area (Å²) in [6.45, 7) is 0.0868. The van der Waals surface area contributed by atoms with E-state index in [1.165, 1.54) is 4.90 Å². The van der Waals surface area contributed by atoms with E-state index >= 15 is 0 Å². The van der Waals surface area contributed by atoms with E-state index in [-0.39, 0.29) is 36.8 Å². The number of nitrogens with zero attached hydrogens (tertiary/aromatic N) is 1. The van der Waals surface area contributed by atoms with E-state index in [4.69, 9.17) is 0 Å². The fraction of sp³-hybridized carbons (Fsp3) is 0.500. The third-order valence-electron chi connectivity index (χ3n) is 5.54. The van der Waals surface area contributed by atoms with Crippen LogP contribution >= 0.6 is 0 Å². The Balaban J connectivity index is 1.72. The predicted octanol–water partition coefficient (Wildman–Crippen LogP) is 2.38. The van der Waals surface area contributed by atoms with Gasteiger partial charge in [-0.05, 0) is 42.4 Å². The molecule has 7 heteroatoms. The second-order valence-electron chi connectivity index (χ2n) is 6.99. The fourth-order valence-electron chi connectivity index (χ4n) is 4.31. The van der Waals surface area contributed by atoms with E-state index < -0.39 is 29.5 Å². The van der Waals surface area contributed by atoms with Crippen LogP contribution < -0.4 is 5.32 Å². The number of hydrogen-bond donors (Lipinski definition) is 1. The molecule has 25 heavy (non-hydrogen) atoms. The highest BCUT2D eigenvalue weighted by molar-refractivity contribution is 6.05. The van der Waals surface area contributed by atoms with Gasteiger partial charge in [0, 0.05) is 18.5 Å². The second-order valence-corrected chi connectivity index (χ2v) is 6.99. The normalized spacial score (nSPS) is 24.0. The summed E-state index contributed by atoms with van der Waals surface area (Å²) in [5, 5.41) is 2.23. The van der Waals surface area contributed by atoms with Gasteiger partial charge in [0.05, 0.1) is 0 Å². The molecule has 2 aliphatic heterocycles. The van der Waals surface area contributed by atoms with E-state index in [1.54, 1.807) is 0 Å². The molecule has 1 saturated carbocycles. The zero-order valence-electron chi connectivity index (χ0n) is 13.6. The Kier molecular flexibility index (Phi) is 3.81. The van der Waals surface area contributed by atoms with Crippen molar-refractivity contribution in [1.82, 2.24) is 10.2 Å². The van der Waals surface area contributed by atoms with Crippen LogP contribution in [0, 0.1) is 11.6 Å². The summed E-state index contributed by atoms with van der Waals surface area (Å²) in [6.07, 6.45) is 3.85. The van der Waals surface area contributed by atoms with Crippen LogP contribution in [-0.4, -0.2) is 28.7 Å². The highest BCUT2D eigenvalue weighted by atomic mass is 19.2. The van der Waals surface area contributed by atoms with Gasteiger partial charge >= 0.3 is 0 Å². The van der Waals surface area contributed by atoms with Crippen molar-refractivity contribution >= 4 is 17.7 Å². The van der Waals surface area contributed by atoms with Gasteiger partial charge in [-0.1, -0.05) is 12.8 Å². The summed E-state index contributed by atoms with van der Waals surface area (Å²) in [5.74, 6) is -3.33. The van der Waals surface area contributed by atoms with Crippen LogP contribution in [0.4, 0.5) is 8.78 Å². The van der Waals surface area contributed by atoms with Crippen LogP contribution in [-0.2, 0) is 16.1 Å². The molecule has 0 bridgehead atoms. The topological polar surface area (TPSA) is 66.5 Å². The predicted molar refractivity (Wildman–Crippen MR) is 83.6 cm³/mol. The molecule has 0 aromatic heterocycles. The summed E-state index contributed by atoms with van der Waals surface area (Å²) in [7, 11) is 0. The first-order valence-corrected chi connectivity index (χ1v) is 8.62. The molecule has 3 aliphatic rings. The third kappa shape index (κ3) is 2.53. The van der Waals surface area contributed by atoms with E-state index in [0.29, 0.717) is 11.1 Å². The third-order valence-corrected chi connectivity index (χ3v) is 5.54. The minimum absolute atomic E-state index is 0.0843. The Morgan fingerprint density at radius 3 is 2.48 bits per heavy atom. The number of benzene rings is 1. The van der Waals surface area contributed by atoms with Crippen molar-refractivity contribution in [2.75, 3.05) is 0 Å². The van der Waals surface area contributed by atoms with Crippen molar-refractivity contribution in [2.24, 2.45) is 0 Å². The number of nitrogens with one attached hydrogen (secondary N) is 1. The zero-order valence-corrected chi connectivity index (χ0v) is 13.6. The minimum Gasteiger partial charge on any atom is -0.322 e. The lowest BCUT2D eigenvalue weighted by atomic mass is 9.90. The molecule has 1 unspecified atom stereocenters. The summed E-state index contributed by atoms with van der Waals surface area (Å²) >= 11 is 0. The maximum absolute atomic E-state index is 14.5. The van der Waals surface area contributed by atoms with Crippen LogP contribution in [0.3, 0.4) is 0 Å². The minimum atomic E-state index is -1.01.